The maximum atomic E-state index is 12.6. The summed E-state index contributed by atoms with van der Waals surface area (Å²) in [6, 6.07) is 8.88. The average molecular weight is 366 g/mol. The van der Waals surface area contributed by atoms with Crippen molar-refractivity contribution in [1.82, 2.24) is 5.32 Å². The molecule has 1 aromatic rings. The van der Waals surface area contributed by atoms with Crippen LogP contribution in [0.15, 0.2) is 30.3 Å². The Labute approximate surface area is 153 Å². The van der Waals surface area contributed by atoms with E-state index in [-0.39, 0.29) is 17.7 Å². The highest BCUT2D eigenvalue weighted by atomic mass is 32.2. The number of carboxylic acids is 1. The van der Waals surface area contributed by atoms with Crippen molar-refractivity contribution >= 4 is 34.6 Å². The molecule has 0 bridgehead atoms. The number of hydrogen-bond donors (Lipinski definition) is 2. The van der Waals surface area contributed by atoms with Gasteiger partial charge in [-0.25, -0.2) is 4.79 Å². The first-order valence-electron chi connectivity index (χ1n) is 8.11. The van der Waals surface area contributed by atoms with Gasteiger partial charge in [0.25, 0.3) is 0 Å². The quantitative estimate of drug-likeness (QED) is 0.738. The Morgan fingerprint density at radius 3 is 2.36 bits per heavy atom. The van der Waals surface area contributed by atoms with Crippen LogP contribution in [-0.4, -0.2) is 41.1 Å². The van der Waals surface area contributed by atoms with Crippen molar-refractivity contribution in [3.8, 4) is 0 Å². The maximum Gasteiger partial charge on any atom is 0.321 e. The molecule has 0 saturated carbocycles. The van der Waals surface area contributed by atoms with Gasteiger partial charge in [0.15, 0.2) is 5.12 Å². The standard InChI is InChI=1S/C18H26N2O4S/c1-13(16(22)23)18(3,4)12-19-17(24)20(10-11-25-14(2)21)15-8-6-5-7-9-15/h5-9,13H,10-12H2,1-4H3,(H,19,24)(H,22,23)/t13-/m1/s1. The molecule has 2 N–H and O–H groups in total. The average Bonchev–Trinajstić information content (AvgIpc) is 2.56. The number of para-hydroxylation sites is 1. The van der Waals surface area contributed by atoms with Crippen LogP contribution < -0.4 is 10.2 Å². The van der Waals surface area contributed by atoms with Crippen molar-refractivity contribution in [2.75, 3.05) is 23.7 Å². The number of anilines is 1. The summed E-state index contributed by atoms with van der Waals surface area (Å²) in [7, 11) is 0. The zero-order valence-electron chi connectivity index (χ0n) is 15.1. The van der Waals surface area contributed by atoms with Crippen molar-refractivity contribution in [3.05, 3.63) is 30.3 Å². The molecule has 0 fully saturated rings. The van der Waals surface area contributed by atoms with Crippen LogP contribution >= 0.6 is 11.8 Å². The fraction of sp³-hybridized carbons (Fsp3) is 0.500. The van der Waals surface area contributed by atoms with Gasteiger partial charge in [-0.15, -0.1) is 0 Å². The van der Waals surface area contributed by atoms with Crippen LogP contribution in [0.1, 0.15) is 27.7 Å². The molecule has 0 aliphatic carbocycles. The molecule has 1 rings (SSSR count). The molecule has 138 valence electrons. The first kappa shape index (κ1) is 21.0. The second-order valence-corrected chi connectivity index (χ2v) is 7.81. The predicted molar refractivity (Wildman–Crippen MR) is 101 cm³/mol. The summed E-state index contributed by atoms with van der Waals surface area (Å²) in [6.45, 7) is 7.37. The van der Waals surface area contributed by atoms with Crippen molar-refractivity contribution in [1.29, 1.82) is 0 Å². The van der Waals surface area contributed by atoms with E-state index in [2.05, 4.69) is 5.32 Å². The number of hydrogen-bond acceptors (Lipinski definition) is 4. The minimum atomic E-state index is -0.892. The van der Waals surface area contributed by atoms with Gasteiger partial charge in [-0.05, 0) is 17.5 Å². The number of nitrogens with one attached hydrogen (secondary N) is 1. The van der Waals surface area contributed by atoms with E-state index in [1.54, 1.807) is 11.8 Å². The van der Waals surface area contributed by atoms with Gasteiger partial charge >= 0.3 is 12.0 Å². The summed E-state index contributed by atoms with van der Waals surface area (Å²) in [6.07, 6.45) is 0. The van der Waals surface area contributed by atoms with Gasteiger partial charge < -0.3 is 10.4 Å². The van der Waals surface area contributed by atoms with Crippen molar-refractivity contribution in [3.63, 3.8) is 0 Å². The predicted octanol–water partition coefficient (Wildman–Crippen LogP) is 3.23. The molecule has 0 saturated heterocycles. The number of nitrogens with zero attached hydrogens (tertiary/aromatic N) is 1. The number of carbonyl (C=O) groups excluding carboxylic acids is 2. The summed E-state index contributed by atoms with van der Waals surface area (Å²) in [5.74, 6) is -0.990. The molecule has 0 aliphatic heterocycles. The van der Waals surface area contributed by atoms with Crippen molar-refractivity contribution < 1.29 is 19.5 Å². The van der Waals surface area contributed by atoms with Crippen molar-refractivity contribution in [2.24, 2.45) is 11.3 Å². The van der Waals surface area contributed by atoms with E-state index in [0.717, 1.165) is 5.69 Å². The highest BCUT2D eigenvalue weighted by Gasteiger charge is 2.32. The van der Waals surface area contributed by atoms with E-state index in [4.69, 9.17) is 0 Å². The molecule has 25 heavy (non-hydrogen) atoms. The normalized spacial score (nSPS) is 12.3. The second-order valence-electron chi connectivity index (χ2n) is 6.53. The zero-order valence-corrected chi connectivity index (χ0v) is 15.9. The lowest BCUT2D eigenvalue weighted by molar-refractivity contribution is -0.144. The van der Waals surface area contributed by atoms with Gasteiger partial charge in [-0.1, -0.05) is 50.7 Å². The molecule has 1 atom stereocenters. The fourth-order valence-corrected chi connectivity index (χ4v) is 2.68. The lowest BCUT2D eigenvalue weighted by atomic mass is 9.80. The fourth-order valence-electron chi connectivity index (χ4n) is 2.12. The molecule has 0 unspecified atom stereocenters. The number of thioether (sulfide) groups is 1. The monoisotopic (exact) mass is 366 g/mol. The van der Waals surface area contributed by atoms with Gasteiger partial charge in [-0.2, -0.15) is 0 Å². The number of urea groups is 1. The van der Waals surface area contributed by atoms with Gasteiger partial charge in [-0.3, -0.25) is 14.5 Å². The van der Waals surface area contributed by atoms with E-state index < -0.39 is 17.3 Å². The summed E-state index contributed by atoms with van der Waals surface area (Å²) in [4.78, 5) is 36.5. The number of aliphatic carboxylic acids is 1. The topological polar surface area (TPSA) is 86.7 Å². The molecule has 7 heteroatoms. The molecule has 0 radical (unpaired) electrons. The molecule has 0 spiro atoms. The molecule has 1 aromatic carbocycles. The van der Waals surface area contributed by atoms with Gasteiger partial charge in [0.05, 0.1) is 5.92 Å². The maximum absolute atomic E-state index is 12.6. The van der Waals surface area contributed by atoms with E-state index in [9.17, 15) is 19.5 Å². The highest BCUT2D eigenvalue weighted by Crippen LogP contribution is 2.26. The number of rotatable bonds is 8. The minimum Gasteiger partial charge on any atom is -0.481 e. The first-order valence-corrected chi connectivity index (χ1v) is 9.10. The van der Waals surface area contributed by atoms with Crippen LogP contribution in [-0.2, 0) is 9.59 Å². The Morgan fingerprint density at radius 1 is 1.24 bits per heavy atom. The molecular weight excluding hydrogens is 340 g/mol. The molecular formula is C18H26N2O4S. The largest absolute Gasteiger partial charge is 0.481 e. The Hall–Kier alpha value is -2.02. The first-order chi connectivity index (χ1) is 11.6. The van der Waals surface area contributed by atoms with Crippen LogP contribution in [0.4, 0.5) is 10.5 Å². The van der Waals surface area contributed by atoms with Crippen molar-refractivity contribution in [2.45, 2.75) is 27.7 Å². The highest BCUT2D eigenvalue weighted by molar-refractivity contribution is 8.13. The number of carboxylic acid groups (broad SMARTS) is 1. The molecule has 6 nitrogen and oxygen atoms in total. The summed E-state index contributed by atoms with van der Waals surface area (Å²) in [5, 5.41) is 12.0. The lowest BCUT2D eigenvalue weighted by Crippen LogP contribution is -2.47. The van der Waals surface area contributed by atoms with E-state index in [1.807, 2.05) is 44.2 Å². The number of carbonyl (C=O) groups is 3. The third-order valence-corrected chi connectivity index (χ3v) is 4.96. The summed E-state index contributed by atoms with van der Waals surface area (Å²) >= 11 is 1.17. The smallest absolute Gasteiger partial charge is 0.321 e. The van der Waals surface area contributed by atoms with Gasteiger partial charge in [0.2, 0.25) is 0 Å². The second kappa shape index (κ2) is 9.46. The van der Waals surface area contributed by atoms with Gasteiger partial charge in [0.1, 0.15) is 0 Å². The van der Waals surface area contributed by atoms with E-state index >= 15 is 0 Å². The number of benzene rings is 1. The third kappa shape index (κ3) is 6.78. The Balaban J connectivity index is 2.79. The molecule has 2 amide bonds. The van der Waals surface area contributed by atoms with E-state index in [1.165, 1.54) is 18.7 Å². The van der Waals surface area contributed by atoms with Crippen LogP contribution in [0.5, 0.6) is 0 Å². The Kier molecular flexibility index (Phi) is 7.96. The SMILES string of the molecule is CC(=O)SCCN(C(=O)NCC(C)(C)[C@H](C)C(=O)O)c1ccccc1. The Morgan fingerprint density at radius 2 is 1.84 bits per heavy atom. The lowest BCUT2D eigenvalue weighted by Gasteiger charge is -2.31. The van der Waals surface area contributed by atoms with Gasteiger partial charge in [0, 0.05) is 31.5 Å². The summed E-state index contributed by atoms with van der Waals surface area (Å²) in [5.41, 5.74) is 0.145. The third-order valence-electron chi connectivity index (χ3n) is 4.17. The zero-order chi connectivity index (χ0) is 19.0. The minimum absolute atomic E-state index is 0.00448. The van der Waals surface area contributed by atoms with Crippen LogP contribution in [0, 0.1) is 11.3 Å². The van der Waals surface area contributed by atoms with Crippen LogP contribution in [0.3, 0.4) is 0 Å². The molecule has 0 aliphatic rings. The molecule has 0 heterocycles. The number of amides is 2. The summed E-state index contributed by atoms with van der Waals surface area (Å²) < 4.78 is 0. The van der Waals surface area contributed by atoms with E-state index in [0.29, 0.717) is 12.3 Å². The van der Waals surface area contributed by atoms with Crippen LogP contribution in [0.25, 0.3) is 0 Å². The van der Waals surface area contributed by atoms with Crippen LogP contribution in [0.2, 0.25) is 0 Å². The Bertz CT molecular complexity index is 604. The molecule has 0 aromatic heterocycles.